The van der Waals surface area contributed by atoms with E-state index in [-0.39, 0.29) is 16.9 Å². The van der Waals surface area contributed by atoms with Gasteiger partial charge in [-0.3, -0.25) is 0 Å². The molecule has 0 radical (unpaired) electrons. The van der Waals surface area contributed by atoms with Gasteiger partial charge in [0.15, 0.2) is 0 Å². The summed E-state index contributed by atoms with van der Waals surface area (Å²) < 4.78 is 34.1. The lowest BCUT2D eigenvalue weighted by atomic mass is 10.0. The molecule has 5 rings (SSSR count). The molecule has 0 heterocycles. The molecule has 0 aliphatic carbocycles. The van der Waals surface area contributed by atoms with Crippen molar-refractivity contribution in [3.8, 4) is 51.7 Å². The van der Waals surface area contributed by atoms with Crippen molar-refractivity contribution in [2.24, 2.45) is 0 Å². The van der Waals surface area contributed by atoms with E-state index >= 15 is 0 Å². The Morgan fingerprint density at radius 1 is 0.519 bits per heavy atom. The van der Waals surface area contributed by atoms with Gasteiger partial charge >= 0.3 is 11.9 Å². The summed E-state index contributed by atoms with van der Waals surface area (Å²) in [6.07, 6.45) is 3.40. The molecule has 5 aromatic rings. The zero-order chi connectivity index (χ0) is 36.5. The molecule has 0 aliphatic heterocycles. The minimum Gasteiger partial charge on any atom is -0.494 e. The number of ether oxygens (including phenoxy) is 6. The molecule has 0 saturated carbocycles. The van der Waals surface area contributed by atoms with Crippen LogP contribution in [0.25, 0.3) is 11.1 Å². The van der Waals surface area contributed by atoms with Gasteiger partial charge in [0.25, 0.3) is 0 Å². The first-order chi connectivity index (χ1) is 25.4. The molecule has 0 amide bonds. The van der Waals surface area contributed by atoms with Crippen LogP contribution in [0.3, 0.4) is 0 Å². The molecule has 0 aromatic heterocycles. The maximum absolute atomic E-state index is 13.3. The van der Waals surface area contributed by atoms with E-state index < -0.39 is 11.9 Å². The van der Waals surface area contributed by atoms with E-state index in [2.05, 4.69) is 6.07 Å². The van der Waals surface area contributed by atoms with Crippen molar-refractivity contribution in [2.45, 2.75) is 39.5 Å². The second-order valence-corrected chi connectivity index (χ2v) is 11.6. The molecule has 0 spiro atoms. The molecular formula is C43H41NO8. The van der Waals surface area contributed by atoms with Crippen molar-refractivity contribution in [3.63, 3.8) is 0 Å². The standard InChI is InChI=1S/C43H41NO8/c1-3-47-35-18-22-38(23-19-35)51-42(45)34-15-26-40(43(46)52-39-24-20-36(21-25-39)48-4-2)41(29-34)50-28-8-6-5-7-27-49-37-16-13-33(14-17-37)32-11-9-31(30-44)10-12-32/h9-26,29H,3-8,27-28H2,1-2H3. The van der Waals surface area contributed by atoms with Gasteiger partial charge in [-0.1, -0.05) is 24.3 Å². The minimum atomic E-state index is -0.618. The number of carbonyl (C=O) groups is 2. The molecule has 0 saturated heterocycles. The highest BCUT2D eigenvalue weighted by Crippen LogP contribution is 2.27. The number of benzene rings is 5. The van der Waals surface area contributed by atoms with Crippen molar-refractivity contribution in [2.75, 3.05) is 26.4 Å². The fourth-order valence-electron chi connectivity index (χ4n) is 5.22. The Labute approximate surface area is 304 Å². The summed E-state index contributed by atoms with van der Waals surface area (Å²) in [5.74, 6) is 1.87. The molecule has 0 atom stereocenters. The normalized spacial score (nSPS) is 10.5. The summed E-state index contributed by atoms with van der Waals surface area (Å²) in [7, 11) is 0. The minimum absolute atomic E-state index is 0.185. The van der Waals surface area contributed by atoms with Crippen LogP contribution in [0.5, 0.6) is 34.5 Å². The second-order valence-electron chi connectivity index (χ2n) is 11.6. The number of nitrogens with zero attached hydrogens (tertiary/aromatic N) is 1. The second kappa shape index (κ2) is 19.2. The van der Waals surface area contributed by atoms with Gasteiger partial charge in [-0.25, -0.2) is 9.59 Å². The van der Waals surface area contributed by atoms with E-state index in [1.807, 2.05) is 62.4 Å². The number of hydrogen-bond donors (Lipinski definition) is 0. The predicted octanol–water partition coefficient (Wildman–Crippen LogP) is 9.48. The van der Waals surface area contributed by atoms with Gasteiger partial charge in [0.2, 0.25) is 0 Å². The molecule has 0 unspecified atom stereocenters. The van der Waals surface area contributed by atoms with Gasteiger partial charge < -0.3 is 28.4 Å². The van der Waals surface area contributed by atoms with Crippen LogP contribution in [0.2, 0.25) is 0 Å². The first-order valence-electron chi connectivity index (χ1n) is 17.4. The lowest BCUT2D eigenvalue weighted by molar-refractivity contribution is 0.0716. The number of unbranched alkanes of at least 4 members (excludes halogenated alkanes) is 3. The topological polar surface area (TPSA) is 113 Å². The van der Waals surface area contributed by atoms with Crippen molar-refractivity contribution in [3.05, 3.63) is 132 Å². The van der Waals surface area contributed by atoms with E-state index in [0.717, 1.165) is 42.6 Å². The zero-order valence-corrected chi connectivity index (χ0v) is 29.3. The van der Waals surface area contributed by atoms with Gasteiger partial charge in [-0.15, -0.1) is 0 Å². The fraction of sp³-hybridized carbons (Fsp3) is 0.233. The van der Waals surface area contributed by atoms with Gasteiger partial charge in [-0.2, -0.15) is 5.26 Å². The molecule has 0 fully saturated rings. The highest BCUT2D eigenvalue weighted by atomic mass is 16.5. The Bertz CT molecular complexity index is 1930. The molecule has 266 valence electrons. The number of nitriles is 1. The summed E-state index contributed by atoms with van der Waals surface area (Å²) in [5, 5.41) is 9.01. The van der Waals surface area contributed by atoms with E-state index in [1.54, 1.807) is 48.5 Å². The van der Waals surface area contributed by atoms with Crippen LogP contribution in [0.1, 0.15) is 65.8 Å². The van der Waals surface area contributed by atoms with Gasteiger partial charge in [0, 0.05) is 0 Å². The van der Waals surface area contributed by atoms with Crippen LogP contribution in [0.4, 0.5) is 0 Å². The third-order valence-electron chi connectivity index (χ3n) is 7.89. The Kier molecular flexibility index (Phi) is 13.7. The Morgan fingerprint density at radius 3 is 1.52 bits per heavy atom. The van der Waals surface area contributed by atoms with Crippen molar-refractivity contribution >= 4 is 11.9 Å². The number of carbonyl (C=O) groups excluding carboxylic acids is 2. The first-order valence-corrected chi connectivity index (χ1v) is 17.4. The molecule has 0 aliphatic rings. The average Bonchev–Trinajstić information content (AvgIpc) is 3.18. The monoisotopic (exact) mass is 699 g/mol. The number of hydrogen-bond acceptors (Lipinski definition) is 9. The average molecular weight is 700 g/mol. The summed E-state index contributed by atoms with van der Waals surface area (Å²) in [6.45, 7) is 5.75. The lowest BCUT2D eigenvalue weighted by Crippen LogP contribution is -2.14. The molecule has 9 nitrogen and oxygen atoms in total. The Morgan fingerprint density at radius 2 is 0.981 bits per heavy atom. The van der Waals surface area contributed by atoms with E-state index in [0.29, 0.717) is 55.0 Å². The summed E-state index contributed by atoms with van der Waals surface area (Å²) in [4.78, 5) is 26.3. The van der Waals surface area contributed by atoms with Crippen molar-refractivity contribution in [1.29, 1.82) is 5.26 Å². The van der Waals surface area contributed by atoms with Crippen LogP contribution in [-0.2, 0) is 0 Å². The zero-order valence-electron chi connectivity index (χ0n) is 29.3. The molecule has 5 aromatic carbocycles. The molecule has 0 bridgehead atoms. The quantitative estimate of drug-likeness (QED) is 0.0501. The van der Waals surface area contributed by atoms with Gasteiger partial charge in [0.1, 0.15) is 40.1 Å². The predicted molar refractivity (Wildman–Crippen MR) is 198 cm³/mol. The number of esters is 2. The highest BCUT2D eigenvalue weighted by molar-refractivity contribution is 5.97. The maximum Gasteiger partial charge on any atom is 0.347 e. The van der Waals surface area contributed by atoms with E-state index in [4.69, 9.17) is 33.7 Å². The van der Waals surface area contributed by atoms with Gasteiger partial charge in [-0.05, 0) is 142 Å². The lowest BCUT2D eigenvalue weighted by Gasteiger charge is -2.13. The Hall–Kier alpha value is -6.27. The summed E-state index contributed by atoms with van der Waals surface area (Å²) in [5.41, 5.74) is 3.14. The van der Waals surface area contributed by atoms with Crippen LogP contribution >= 0.6 is 0 Å². The van der Waals surface area contributed by atoms with Crippen LogP contribution in [0.15, 0.2) is 115 Å². The number of rotatable bonds is 18. The van der Waals surface area contributed by atoms with Crippen LogP contribution < -0.4 is 28.4 Å². The Balaban J connectivity index is 1.13. The first kappa shape index (κ1) is 37.0. The largest absolute Gasteiger partial charge is 0.494 e. The molecule has 52 heavy (non-hydrogen) atoms. The highest BCUT2D eigenvalue weighted by Gasteiger charge is 2.19. The van der Waals surface area contributed by atoms with Crippen LogP contribution in [0, 0.1) is 11.3 Å². The van der Waals surface area contributed by atoms with Crippen molar-refractivity contribution < 1.29 is 38.0 Å². The SMILES string of the molecule is CCOc1ccc(OC(=O)c2ccc(C(=O)Oc3ccc(OCC)cc3)c(OCCCCCCOc3ccc(-c4ccc(C#N)cc4)cc3)c2)cc1. The molecule has 9 heteroatoms. The maximum atomic E-state index is 13.3. The fourth-order valence-corrected chi connectivity index (χ4v) is 5.22. The van der Waals surface area contributed by atoms with Crippen LogP contribution in [-0.4, -0.2) is 38.4 Å². The van der Waals surface area contributed by atoms with E-state index in [9.17, 15) is 9.59 Å². The third-order valence-corrected chi connectivity index (χ3v) is 7.89. The van der Waals surface area contributed by atoms with Crippen molar-refractivity contribution in [1.82, 2.24) is 0 Å². The molecule has 0 N–H and O–H groups in total. The third kappa shape index (κ3) is 10.9. The smallest absolute Gasteiger partial charge is 0.347 e. The van der Waals surface area contributed by atoms with E-state index in [1.165, 1.54) is 18.2 Å². The summed E-state index contributed by atoms with van der Waals surface area (Å²) in [6, 6.07) is 35.6. The van der Waals surface area contributed by atoms with Gasteiger partial charge in [0.05, 0.1) is 43.6 Å². The summed E-state index contributed by atoms with van der Waals surface area (Å²) >= 11 is 0. The molecular weight excluding hydrogens is 658 g/mol.